The number of unbranched alkanes of at least 4 members (excludes halogenated alkanes) is 24. The average molecular weight is 775 g/mol. The number of carbonyl (C=O) groups is 2. The largest absolute Gasteiger partial charge is 0.472 e. The Bertz CT molecular complexity index is 922. The molecule has 0 fully saturated rings. The van der Waals surface area contributed by atoms with E-state index in [9.17, 15) is 19.0 Å². The highest BCUT2D eigenvalue weighted by Gasteiger charge is 2.27. The molecular weight excluding hydrogens is 689 g/mol. The molecule has 0 aliphatic heterocycles. The molecular formula is C43H85NO8P+. The molecule has 314 valence electrons. The molecule has 0 aromatic rings. The summed E-state index contributed by atoms with van der Waals surface area (Å²) >= 11 is 0. The second kappa shape index (κ2) is 36.4. The minimum atomic E-state index is -4.37. The second-order valence-electron chi connectivity index (χ2n) is 16.1. The van der Waals surface area contributed by atoms with Crippen LogP contribution in [-0.2, 0) is 32.7 Å². The van der Waals surface area contributed by atoms with E-state index in [1.165, 1.54) is 116 Å². The van der Waals surface area contributed by atoms with Crippen molar-refractivity contribution >= 4 is 19.8 Å². The molecule has 9 nitrogen and oxygen atoms in total. The Hall–Kier alpha value is -1.25. The number of esters is 2. The Kier molecular flexibility index (Phi) is 35.5. The number of rotatable bonds is 40. The van der Waals surface area contributed by atoms with Gasteiger partial charge in [-0.2, -0.15) is 0 Å². The number of allylic oxidation sites excluding steroid dienone is 2. The third-order valence-electron chi connectivity index (χ3n) is 9.55. The number of phosphoric acid groups is 1. The van der Waals surface area contributed by atoms with Crippen molar-refractivity contribution in [1.29, 1.82) is 0 Å². The number of nitrogens with zero attached hydrogens (tertiary/aromatic N) is 1. The first kappa shape index (κ1) is 51.8. The summed E-state index contributed by atoms with van der Waals surface area (Å²) in [5.41, 5.74) is 0. The van der Waals surface area contributed by atoms with Crippen LogP contribution in [0.4, 0.5) is 0 Å². The Balaban J connectivity index is 4.33. The number of ether oxygens (including phenoxy) is 2. The predicted octanol–water partition coefficient (Wildman–Crippen LogP) is 12.2. The van der Waals surface area contributed by atoms with Crippen LogP contribution in [0.5, 0.6) is 0 Å². The number of hydrogen-bond donors (Lipinski definition) is 1. The van der Waals surface area contributed by atoms with Gasteiger partial charge in [0.25, 0.3) is 0 Å². The summed E-state index contributed by atoms with van der Waals surface area (Å²) in [4.78, 5) is 35.3. The summed E-state index contributed by atoms with van der Waals surface area (Å²) in [5.74, 6) is -0.800. The van der Waals surface area contributed by atoms with Crippen LogP contribution in [0.2, 0.25) is 0 Å². The van der Waals surface area contributed by atoms with Gasteiger partial charge in [-0.1, -0.05) is 161 Å². The van der Waals surface area contributed by atoms with E-state index in [2.05, 4.69) is 26.0 Å². The van der Waals surface area contributed by atoms with Gasteiger partial charge in [-0.15, -0.1) is 0 Å². The van der Waals surface area contributed by atoms with Gasteiger partial charge in [0.1, 0.15) is 19.8 Å². The van der Waals surface area contributed by atoms with Crippen molar-refractivity contribution in [2.75, 3.05) is 47.5 Å². The highest BCUT2D eigenvalue weighted by atomic mass is 31.2. The monoisotopic (exact) mass is 775 g/mol. The van der Waals surface area contributed by atoms with Crippen LogP contribution in [0.1, 0.15) is 200 Å². The molecule has 0 rings (SSSR count). The van der Waals surface area contributed by atoms with E-state index in [1.54, 1.807) is 0 Å². The van der Waals surface area contributed by atoms with E-state index in [0.717, 1.165) is 51.4 Å². The van der Waals surface area contributed by atoms with E-state index < -0.39 is 26.5 Å². The summed E-state index contributed by atoms with van der Waals surface area (Å²) in [6.45, 7) is 4.42. The standard InChI is InChI=1S/C43H84NO8P/c1-6-8-10-12-14-16-18-20-21-22-24-25-27-29-31-33-35-42(45)49-39-41(40-51-53(47,48)50-38-37-44(3,4)5)52-43(46)36-34-32-30-28-26-23-19-17-15-13-11-9-7-2/h17,19,41H,6-16,18,20-40H2,1-5H3/p+1/b19-17-. The van der Waals surface area contributed by atoms with Crippen molar-refractivity contribution in [3.63, 3.8) is 0 Å². The summed E-state index contributed by atoms with van der Waals surface area (Å²) in [6.07, 6.45) is 36.8. The van der Waals surface area contributed by atoms with Crippen LogP contribution in [0.25, 0.3) is 0 Å². The molecule has 0 aliphatic rings. The molecule has 0 bridgehead atoms. The topological polar surface area (TPSA) is 108 Å². The lowest BCUT2D eigenvalue weighted by molar-refractivity contribution is -0.870. The first-order valence-electron chi connectivity index (χ1n) is 21.9. The second-order valence-corrected chi connectivity index (χ2v) is 17.5. The van der Waals surface area contributed by atoms with Crippen LogP contribution < -0.4 is 0 Å². The summed E-state index contributed by atoms with van der Waals surface area (Å²) in [6, 6.07) is 0. The number of hydrogen-bond acceptors (Lipinski definition) is 7. The van der Waals surface area contributed by atoms with E-state index in [1.807, 2.05) is 21.1 Å². The molecule has 0 saturated heterocycles. The molecule has 0 aromatic heterocycles. The fourth-order valence-electron chi connectivity index (χ4n) is 6.07. The third-order valence-corrected chi connectivity index (χ3v) is 10.5. The summed E-state index contributed by atoms with van der Waals surface area (Å²) in [7, 11) is 1.48. The SMILES string of the molecule is CCCCCC/C=C\CCCCCCCC(=O)OC(COC(=O)CCCCCCCCCCCCCCCCCC)COP(=O)(O)OCC[N+](C)(C)C. The van der Waals surface area contributed by atoms with Gasteiger partial charge in [0.15, 0.2) is 6.10 Å². The number of phosphoric ester groups is 1. The minimum absolute atomic E-state index is 0.0331. The van der Waals surface area contributed by atoms with Crippen molar-refractivity contribution in [2.45, 2.75) is 206 Å². The van der Waals surface area contributed by atoms with Crippen molar-refractivity contribution in [1.82, 2.24) is 0 Å². The van der Waals surface area contributed by atoms with Gasteiger partial charge in [-0.3, -0.25) is 18.6 Å². The highest BCUT2D eigenvalue weighted by Crippen LogP contribution is 2.43. The molecule has 0 saturated carbocycles. The van der Waals surface area contributed by atoms with Crippen molar-refractivity contribution in [3.8, 4) is 0 Å². The summed E-state index contributed by atoms with van der Waals surface area (Å²) < 4.78 is 34.3. The van der Waals surface area contributed by atoms with Gasteiger partial charge in [-0.05, 0) is 38.5 Å². The highest BCUT2D eigenvalue weighted by molar-refractivity contribution is 7.47. The molecule has 0 aliphatic carbocycles. The maximum Gasteiger partial charge on any atom is 0.472 e. The summed E-state index contributed by atoms with van der Waals surface area (Å²) in [5, 5.41) is 0. The number of carbonyl (C=O) groups excluding carboxylic acids is 2. The maximum absolute atomic E-state index is 12.7. The van der Waals surface area contributed by atoms with Crippen molar-refractivity contribution < 1.29 is 42.1 Å². The van der Waals surface area contributed by atoms with Gasteiger partial charge in [0.2, 0.25) is 0 Å². The van der Waals surface area contributed by atoms with Crippen molar-refractivity contribution in [3.05, 3.63) is 12.2 Å². The fraction of sp³-hybridized carbons (Fsp3) is 0.907. The van der Waals surface area contributed by atoms with E-state index in [-0.39, 0.29) is 25.6 Å². The zero-order chi connectivity index (χ0) is 39.3. The lowest BCUT2D eigenvalue weighted by Crippen LogP contribution is -2.37. The molecule has 53 heavy (non-hydrogen) atoms. The molecule has 2 unspecified atom stereocenters. The molecule has 0 amide bonds. The zero-order valence-electron chi connectivity index (χ0n) is 35.3. The Labute approximate surface area is 326 Å². The van der Waals surface area contributed by atoms with Gasteiger partial charge >= 0.3 is 19.8 Å². The number of quaternary nitrogens is 1. The fourth-order valence-corrected chi connectivity index (χ4v) is 6.81. The minimum Gasteiger partial charge on any atom is -0.462 e. The van der Waals surface area contributed by atoms with E-state index in [0.29, 0.717) is 23.9 Å². The smallest absolute Gasteiger partial charge is 0.462 e. The molecule has 1 N–H and O–H groups in total. The Morgan fingerprint density at radius 3 is 1.42 bits per heavy atom. The molecule has 0 spiro atoms. The van der Waals surface area contributed by atoms with E-state index >= 15 is 0 Å². The zero-order valence-corrected chi connectivity index (χ0v) is 36.2. The Morgan fingerprint density at radius 2 is 0.962 bits per heavy atom. The molecule has 10 heteroatoms. The van der Waals surface area contributed by atoms with Crippen molar-refractivity contribution in [2.24, 2.45) is 0 Å². The molecule has 0 heterocycles. The van der Waals surface area contributed by atoms with Gasteiger partial charge < -0.3 is 18.9 Å². The average Bonchev–Trinajstić information content (AvgIpc) is 3.10. The first-order valence-corrected chi connectivity index (χ1v) is 23.4. The van der Waals surface area contributed by atoms with E-state index in [4.69, 9.17) is 18.5 Å². The van der Waals surface area contributed by atoms with Gasteiger partial charge in [-0.25, -0.2) is 4.57 Å². The normalized spacial score (nSPS) is 13.7. The molecule has 0 radical (unpaired) electrons. The lowest BCUT2D eigenvalue weighted by Gasteiger charge is -2.24. The quantitative estimate of drug-likeness (QED) is 0.0215. The van der Waals surface area contributed by atoms with Crippen LogP contribution in [0.15, 0.2) is 12.2 Å². The van der Waals surface area contributed by atoms with Crippen LogP contribution in [0.3, 0.4) is 0 Å². The number of likely N-dealkylation sites (N-methyl/N-ethyl adjacent to an activating group) is 1. The molecule has 2 atom stereocenters. The molecule has 0 aromatic carbocycles. The van der Waals surface area contributed by atoms with Gasteiger partial charge in [0.05, 0.1) is 27.7 Å². The van der Waals surface area contributed by atoms with Crippen LogP contribution in [-0.4, -0.2) is 74.9 Å². The third kappa shape index (κ3) is 40.2. The lowest BCUT2D eigenvalue weighted by atomic mass is 10.0. The predicted molar refractivity (Wildman–Crippen MR) is 220 cm³/mol. The van der Waals surface area contributed by atoms with Gasteiger partial charge in [0, 0.05) is 12.8 Å². The first-order chi connectivity index (χ1) is 25.5. The van der Waals surface area contributed by atoms with Crippen LogP contribution in [0, 0.1) is 0 Å². The van der Waals surface area contributed by atoms with Crippen LogP contribution >= 0.6 is 7.82 Å². The Morgan fingerprint density at radius 1 is 0.566 bits per heavy atom. The maximum atomic E-state index is 12.7.